The van der Waals surface area contributed by atoms with Gasteiger partial charge >= 0.3 is 0 Å². The van der Waals surface area contributed by atoms with Gasteiger partial charge in [-0.3, -0.25) is 0 Å². The molecule has 0 aliphatic heterocycles. The molecule has 2 nitrogen and oxygen atoms in total. The fourth-order valence-electron chi connectivity index (χ4n) is 1.09. The smallest absolute Gasteiger partial charge is 0.0479 e. The van der Waals surface area contributed by atoms with Crippen molar-refractivity contribution < 1.29 is 4.74 Å². The highest BCUT2D eigenvalue weighted by Gasteiger charge is 1.90. The maximum atomic E-state index is 4.96. The van der Waals surface area contributed by atoms with E-state index in [1.165, 1.54) is 5.56 Å². The number of aryl methyl sites for hydroxylation is 2. The van der Waals surface area contributed by atoms with E-state index in [1.54, 1.807) is 7.11 Å². The van der Waals surface area contributed by atoms with Crippen molar-refractivity contribution in [3.63, 3.8) is 0 Å². The highest BCUT2D eigenvalue weighted by Crippen LogP contribution is 1.99. The number of aromatic nitrogens is 1. The first kappa shape index (κ1) is 8.34. The molecule has 0 N–H and O–H groups in total. The van der Waals surface area contributed by atoms with Crippen LogP contribution in [0.2, 0.25) is 0 Å². The van der Waals surface area contributed by atoms with Crippen molar-refractivity contribution in [2.45, 2.75) is 19.9 Å². The van der Waals surface area contributed by atoms with Crippen LogP contribution in [-0.4, -0.2) is 18.3 Å². The molecule has 0 radical (unpaired) electrons. The standard InChI is InChI=1S/C9H15NO/c1-9-4-6-10(8-9)5-3-7-11-2/h4,6,8H,3,5,7H2,1-2H3. The first-order chi connectivity index (χ1) is 5.33. The van der Waals surface area contributed by atoms with Crippen LogP contribution in [0.1, 0.15) is 12.0 Å². The van der Waals surface area contributed by atoms with Gasteiger partial charge in [-0.1, -0.05) is 0 Å². The molecule has 0 saturated heterocycles. The zero-order valence-electron chi connectivity index (χ0n) is 7.21. The van der Waals surface area contributed by atoms with Crippen molar-refractivity contribution >= 4 is 0 Å². The third kappa shape index (κ3) is 2.76. The van der Waals surface area contributed by atoms with Gasteiger partial charge in [0.2, 0.25) is 0 Å². The largest absolute Gasteiger partial charge is 0.385 e. The molecule has 0 spiro atoms. The van der Waals surface area contributed by atoms with E-state index in [4.69, 9.17) is 4.74 Å². The number of nitrogens with zero attached hydrogens (tertiary/aromatic N) is 1. The van der Waals surface area contributed by atoms with Crippen molar-refractivity contribution in [1.82, 2.24) is 4.57 Å². The zero-order chi connectivity index (χ0) is 8.10. The summed E-state index contributed by atoms with van der Waals surface area (Å²) in [6.45, 7) is 4.01. The summed E-state index contributed by atoms with van der Waals surface area (Å²) in [6.07, 6.45) is 5.34. The average Bonchev–Trinajstić information content (AvgIpc) is 2.37. The Morgan fingerprint density at radius 3 is 2.91 bits per heavy atom. The Hall–Kier alpha value is -0.760. The van der Waals surface area contributed by atoms with Gasteiger partial charge in [0, 0.05) is 32.7 Å². The van der Waals surface area contributed by atoms with Crippen molar-refractivity contribution in [2.75, 3.05) is 13.7 Å². The molecule has 0 amide bonds. The van der Waals surface area contributed by atoms with Gasteiger partial charge in [-0.2, -0.15) is 0 Å². The number of ether oxygens (including phenoxy) is 1. The summed E-state index contributed by atoms with van der Waals surface area (Å²) < 4.78 is 7.15. The molecule has 0 fully saturated rings. The number of rotatable bonds is 4. The molecule has 1 aromatic rings. The molecule has 2 heteroatoms. The van der Waals surface area contributed by atoms with E-state index >= 15 is 0 Å². The van der Waals surface area contributed by atoms with Crippen LogP contribution in [0.4, 0.5) is 0 Å². The molecule has 0 bridgehead atoms. The molecule has 0 aliphatic carbocycles. The summed E-state index contributed by atoms with van der Waals surface area (Å²) in [5, 5.41) is 0. The lowest BCUT2D eigenvalue weighted by Gasteiger charge is -2.00. The van der Waals surface area contributed by atoms with Crippen molar-refractivity contribution in [3.8, 4) is 0 Å². The molecule has 1 aromatic heterocycles. The van der Waals surface area contributed by atoms with Gasteiger partial charge in [-0.15, -0.1) is 0 Å². The van der Waals surface area contributed by atoms with Crippen molar-refractivity contribution in [2.24, 2.45) is 0 Å². The third-order valence-electron chi connectivity index (χ3n) is 1.66. The Morgan fingerprint density at radius 1 is 1.55 bits per heavy atom. The van der Waals surface area contributed by atoms with E-state index in [-0.39, 0.29) is 0 Å². The second-order valence-electron chi connectivity index (χ2n) is 2.77. The molecule has 0 aliphatic rings. The van der Waals surface area contributed by atoms with Crippen LogP contribution in [-0.2, 0) is 11.3 Å². The molecular formula is C9H15NO. The lowest BCUT2D eigenvalue weighted by Crippen LogP contribution is -1.98. The molecule has 11 heavy (non-hydrogen) atoms. The molecular weight excluding hydrogens is 138 g/mol. The molecule has 1 heterocycles. The maximum Gasteiger partial charge on any atom is 0.0479 e. The van der Waals surface area contributed by atoms with Gasteiger partial charge in [0.05, 0.1) is 0 Å². The van der Waals surface area contributed by atoms with Crippen LogP contribution in [0.5, 0.6) is 0 Å². The van der Waals surface area contributed by atoms with E-state index in [0.29, 0.717) is 0 Å². The Kier molecular flexibility index (Phi) is 3.17. The third-order valence-corrected chi connectivity index (χ3v) is 1.66. The summed E-state index contributed by atoms with van der Waals surface area (Å²) in [5.74, 6) is 0. The monoisotopic (exact) mass is 153 g/mol. The Labute approximate surface area is 67.8 Å². The predicted octanol–water partition coefficient (Wildman–Crippen LogP) is 1.83. The van der Waals surface area contributed by atoms with E-state index < -0.39 is 0 Å². The van der Waals surface area contributed by atoms with Crippen LogP contribution in [0.15, 0.2) is 18.5 Å². The number of hydrogen-bond acceptors (Lipinski definition) is 1. The Bertz CT molecular complexity index is 205. The topological polar surface area (TPSA) is 14.2 Å². The van der Waals surface area contributed by atoms with E-state index in [0.717, 1.165) is 19.6 Å². The van der Waals surface area contributed by atoms with Gasteiger partial charge in [-0.25, -0.2) is 0 Å². The molecule has 0 atom stereocenters. The molecule has 1 rings (SSSR count). The highest BCUT2D eigenvalue weighted by atomic mass is 16.5. The van der Waals surface area contributed by atoms with Crippen LogP contribution in [0, 0.1) is 6.92 Å². The van der Waals surface area contributed by atoms with Crippen molar-refractivity contribution in [3.05, 3.63) is 24.0 Å². The van der Waals surface area contributed by atoms with Gasteiger partial charge in [-0.05, 0) is 25.0 Å². The van der Waals surface area contributed by atoms with E-state index in [2.05, 4.69) is 30.0 Å². The zero-order valence-corrected chi connectivity index (χ0v) is 7.21. The number of methoxy groups -OCH3 is 1. The summed E-state index contributed by atoms with van der Waals surface area (Å²) in [5.41, 5.74) is 1.32. The second kappa shape index (κ2) is 4.19. The average molecular weight is 153 g/mol. The highest BCUT2D eigenvalue weighted by molar-refractivity contribution is 5.06. The summed E-state index contributed by atoms with van der Waals surface area (Å²) in [4.78, 5) is 0. The fourth-order valence-corrected chi connectivity index (χ4v) is 1.09. The minimum atomic E-state index is 0.844. The van der Waals surface area contributed by atoms with Gasteiger partial charge in [0.15, 0.2) is 0 Å². The Balaban J connectivity index is 2.27. The number of hydrogen-bond donors (Lipinski definition) is 0. The van der Waals surface area contributed by atoms with Crippen LogP contribution < -0.4 is 0 Å². The first-order valence-corrected chi connectivity index (χ1v) is 3.94. The van der Waals surface area contributed by atoms with Gasteiger partial charge in [0.1, 0.15) is 0 Å². The molecule has 62 valence electrons. The van der Waals surface area contributed by atoms with Crippen LogP contribution >= 0.6 is 0 Å². The molecule has 0 saturated carbocycles. The molecule has 0 unspecified atom stereocenters. The quantitative estimate of drug-likeness (QED) is 0.602. The minimum Gasteiger partial charge on any atom is -0.385 e. The predicted molar refractivity (Wildman–Crippen MR) is 45.7 cm³/mol. The first-order valence-electron chi connectivity index (χ1n) is 3.94. The van der Waals surface area contributed by atoms with E-state index in [9.17, 15) is 0 Å². The van der Waals surface area contributed by atoms with Gasteiger partial charge < -0.3 is 9.30 Å². The maximum absolute atomic E-state index is 4.96. The SMILES string of the molecule is COCCCn1ccc(C)c1. The van der Waals surface area contributed by atoms with Gasteiger partial charge in [0.25, 0.3) is 0 Å². The van der Waals surface area contributed by atoms with Crippen LogP contribution in [0.25, 0.3) is 0 Å². The van der Waals surface area contributed by atoms with E-state index in [1.807, 2.05) is 0 Å². The lowest BCUT2D eigenvalue weighted by molar-refractivity contribution is 0.190. The van der Waals surface area contributed by atoms with Crippen LogP contribution in [0.3, 0.4) is 0 Å². The minimum absolute atomic E-state index is 0.844. The molecule has 0 aromatic carbocycles. The normalized spacial score (nSPS) is 10.4. The summed E-state index contributed by atoms with van der Waals surface area (Å²) in [6, 6.07) is 2.12. The summed E-state index contributed by atoms with van der Waals surface area (Å²) >= 11 is 0. The van der Waals surface area contributed by atoms with Crippen molar-refractivity contribution in [1.29, 1.82) is 0 Å². The summed E-state index contributed by atoms with van der Waals surface area (Å²) in [7, 11) is 1.74. The lowest BCUT2D eigenvalue weighted by atomic mass is 10.4. The fraction of sp³-hybridized carbons (Fsp3) is 0.556. The Morgan fingerprint density at radius 2 is 2.36 bits per heavy atom. The second-order valence-corrected chi connectivity index (χ2v) is 2.77.